The first kappa shape index (κ1) is 40.3. The zero-order valence-corrected chi connectivity index (χ0v) is 32.5. The van der Waals surface area contributed by atoms with E-state index >= 15 is 0 Å². The van der Waals surface area contributed by atoms with Crippen LogP contribution in [0.3, 0.4) is 0 Å². The SMILES string of the molecule is CC1(C)CC(CN=C=O)CC(C)(Cn2c(=O)n(CC3(C)CC(CN=C=O)CC(C)(C)C3)c(=O)n(CC3(C)CC(CN=C=O)CC(C)(C)C3)c2=O)C1. The van der Waals surface area contributed by atoms with Crippen LogP contribution < -0.4 is 17.1 Å². The Morgan fingerprint density at radius 1 is 0.471 bits per heavy atom. The number of rotatable bonds is 12. The van der Waals surface area contributed by atoms with Crippen molar-refractivity contribution in [2.24, 2.45) is 65.2 Å². The van der Waals surface area contributed by atoms with Crippen molar-refractivity contribution < 1.29 is 14.4 Å². The van der Waals surface area contributed by atoms with Gasteiger partial charge in [-0.3, -0.25) is 0 Å². The number of carbonyl (C=O) groups excluding carboxylic acids is 3. The molecule has 0 radical (unpaired) electrons. The minimum atomic E-state index is -0.604. The van der Waals surface area contributed by atoms with Gasteiger partial charge in [-0.1, -0.05) is 62.3 Å². The van der Waals surface area contributed by atoms with Crippen LogP contribution in [0.5, 0.6) is 0 Å². The third-order valence-electron chi connectivity index (χ3n) is 11.8. The predicted octanol–water partition coefficient (Wildman–Crippen LogP) is 5.68. The first-order valence-corrected chi connectivity index (χ1v) is 18.6. The molecule has 6 unspecified atom stereocenters. The zero-order chi connectivity index (χ0) is 38.0. The molecular weight excluding hydrogens is 648 g/mol. The fraction of sp³-hybridized carbons (Fsp3) is 0.846. The maximum absolute atomic E-state index is 14.6. The van der Waals surface area contributed by atoms with E-state index < -0.39 is 33.3 Å². The van der Waals surface area contributed by atoms with Gasteiger partial charge in [0, 0.05) is 19.6 Å². The van der Waals surface area contributed by atoms with E-state index in [-0.39, 0.29) is 53.6 Å². The first-order chi connectivity index (χ1) is 23.6. The lowest BCUT2D eigenvalue weighted by molar-refractivity contribution is 0.0293. The molecule has 0 amide bonds. The highest BCUT2D eigenvalue weighted by atomic mass is 16.2. The third-order valence-corrected chi connectivity index (χ3v) is 11.8. The monoisotopic (exact) mass is 708 g/mol. The quantitative estimate of drug-likeness (QED) is 0.201. The highest BCUT2D eigenvalue weighted by Gasteiger charge is 2.46. The molecular formula is C39H60N6O6. The van der Waals surface area contributed by atoms with E-state index in [1.807, 2.05) is 0 Å². The normalized spacial score (nSPS) is 32.5. The lowest BCUT2D eigenvalue weighted by Crippen LogP contribution is -2.59. The second-order valence-corrected chi connectivity index (χ2v) is 20.2. The van der Waals surface area contributed by atoms with Crippen LogP contribution in [-0.4, -0.2) is 51.6 Å². The Kier molecular flexibility index (Phi) is 11.8. The highest BCUT2D eigenvalue weighted by molar-refractivity contribution is 5.33. The van der Waals surface area contributed by atoms with Crippen molar-refractivity contribution in [2.75, 3.05) is 19.6 Å². The number of nitrogens with zero attached hydrogens (tertiary/aromatic N) is 6. The fourth-order valence-electron chi connectivity index (χ4n) is 12.0. The summed E-state index contributed by atoms with van der Waals surface area (Å²) in [5.74, 6) is 0.271. The Morgan fingerprint density at radius 2 is 0.706 bits per heavy atom. The maximum Gasteiger partial charge on any atom is 0.336 e. The molecule has 12 nitrogen and oxygen atoms in total. The van der Waals surface area contributed by atoms with Crippen LogP contribution in [0.1, 0.15) is 120 Å². The summed E-state index contributed by atoms with van der Waals surface area (Å²) in [6, 6.07) is 0. The van der Waals surface area contributed by atoms with E-state index in [4.69, 9.17) is 0 Å². The minimum absolute atomic E-state index is 0.0905. The second kappa shape index (κ2) is 14.9. The van der Waals surface area contributed by atoms with Crippen LogP contribution >= 0.6 is 0 Å². The second-order valence-electron chi connectivity index (χ2n) is 20.2. The van der Waals surface area contributed by atoms with Crippen LogP contribution in [0.2, 0.25) is 0 Å². The molecule has 1 aromatic rings. The summed E-state index contributed by atoms with van der Waals surface area (Å²) in [6.07, 6.45) is 11.8. The largest absolute Gasteiger partial charge is 0.336 e. The van der Waals surface area contributed by atoms with Gasteiger partial charge in [0.2, 0.25) is 18.2 Å². The Balaban J connectivity index is 1.86. The molecule has 3 aliphatic rings. The Morgan fingerprint density at radius 3 is 0.922 bits per heavy atom. The summed E-state index contributed by atoms with van der Waals surface area (Å²) >= 11 is 0. The highest BCUT2D eigenvalue weighted by Crippen LogP contribution is 2.51. The molecule has 12 heteroatoms. The molecule has 0 aliphatic heterocycles. The third kappa shape index (κ3) is 10.1. The van der Waals surface area contributed by atoms with Crippen molar-refractivity contribution in [2.45, 2.75) is 140 Å². The van der Waals surface area contributed by atoms with Gasteiger partial charge < -0.3 is 0 Å². The van der Waals surface area contributed by atoms with E-state index in [0.29, 0.717) is 38.9 Å². The van der Waals surface area contributed by atoms with Crippen molar-refractivity contribution in [3.63, 3.8) is 0 Å². The lowest BCUT2D eigenvalue weighted by atomic mass is 9.60. The molecule has 1 aromatic heterocycles. The molecule has 6 atom stereocenters. The molecule has 4 rings (SSSR count). The van der Waals surface area contributed by atoms with Gasteiger partial charge in [-0.05, 0) is 108 Å². The summed E-state index contributed by atoms with van der Waals surface area (Å²) < 4.78 is 3.87. The van der Waals surface area contributed by atoms with Crippen molar-refractivity contribution in [3.05, 3.63) is 31.5 Å². The van der Waals surface area contributed by atoms with Crippen LogP contribution in [-0.2, 0) is 34.0 Å². The van der Waals surface area contributed by atoms with E-state index in [9.17, 15) is 28.8 Å². The lowest BCUT2D eigenvalue weighted by Gasteiger charge is -2.47. The molecule has 3 fully saturated rings. The van der Waals surface area contributed by atoms with Gasteiger partial charge in [0.05, 0.1) is 19.6 Å². The Hall–Kier alpha value is -3.45. The Labute approximate surface area is 301 Å². The molecule has 0 spiro atoms. The molecule has 0 aromatic carbocycles. The van der Waals surface area contributed by atoms with E-state index in [1.165, 1.54) is 13.7 Å². The number of aliphatic imine (C=N–C) groups is 3. The smallest absolute Gasteiger partial charge is 0.247 e. The van der Waals surface area contributed by atoms with Gasteiger partial charge in [0.25, 0.3) is 0 Å². The maximum atomic E-state index is 14.6. The minimum Gasteiger partial charge on any atom is -0.247 e. The van der Waals surface area contributed by atoms with Crippen molar-refractivity contribution in [1.82, 2.24) is 13.7 Å². The van der Waals surface area contributed by atoms with E-state index in [1.54, 1.807) is 18.2 Å². The summed E-state index contributed by atoms with van der Waals surface area (Å²) in [4.78, 5) is 88.4. The standard InChI is InChI=1S/C39H60N6O6/c1-34(2)10-28(16-40-25-46)13-37(7,19-34)22-43-31(49)44(23-38(8)14-29(17-41-26-47)11-35(3,4)20-38)33(51)45(32(43)50)24-39(9)15-30(18-42-27-48)12-36(5,6)21-39/h28-30H,10-24H2,1-9H3. The summed E-state index contributed by atoms with van der Waals surface area (Å²) in [5.41, 5.74) is -3.59. The van der Waals surface area contributed by atoms with Gasteiger partial charge in [-0.2, -0.15) is 0 Å². The van der Waals surface area contributed by atoms with Crippen LogP contribution in [0, 0.1) is 50.2 Å². The zero-order valence-electron chi connectivity index (χ0n) is 32.5. The Bertz CT molecular complexity index is 1550. The molecule has 3 saturated carbocycles. The number of hydrogen-bond donors (Lipinski definition) is 0. The van der Waals surface area contributed by atoms with Gasteiger partial charge in [0.15, 0.2) is 0 Å². The molecule has 0 bridgehead atoms. The van der Waals surface area contributed by atoms with E-state index in [2.05, 4.69) is 77.3 Å². The molecule has 3 aliphatic carbocycles. The van der Waals surface area contributed by atoms with Gasteiger partial charge in [-0.25, -0.2) is 57.4 Å². The summed E-state index contributed by atoms with van der Waals surface area (Å²) in [7, 11) is 0. The number of hydrogen-bond acceptors (Lipinski definition) is 9. The van der Waals surface area contributed by atoms with Gasteiger partial charge >= 0.3 is 17.1 Å². The fourth-order valence-corrected chi connectivity index (χ4v) is 12.0. The number of isocyanates is 3. The summed E-state index contributed by atoms with van der Waals surface area (Å²) in [6.45, 7) is 20.7. The van der Waals surface area contributed by atoms with Crippen LogP contribution in [0.15, 0.2) is 29.4 Å². The molecule has 282 valence electrons. The van der Waals surface area contributed by atoms with E-state index in [0.717, 1.165) is 38.5 Å². The van der Waals surface area contributed by atoms with Gasteiger partial charge in [0.1, 0.15) is 0 Å². The van der Waals surface area contributed by atoms with Crippen molar-refractivity contribution in [1.29, 1.82) is 0 Å². The molecule has 0 N–H and O–H groups in total. The average molecular weight is 709 g/mol. The average Bonchev–Trinajstić information content (AvgIpc) is 2.97. The van der Waals surface area contributed by atoms with Crippen molar-refractivity contribution >= 4 is 18.2 Å². The number of aromatic nitrogens is 3. The predicted molar refractivity (Wildman–Crippen MR) is 196 cm³/mol. The summed E-state index contributed by atoms with van der Waals surface area (Å²) in [5, 5.41) is 0. The van der Waals surface area contributed by atoms with Gasteiger partial charge in [-0.15, -0.1) is 0 Å². The molecule has 51 heavy (non-hydrogen) atoms. The molecule has 1 heterocycles. The van der Waals surface area contributed by atoms with Crippen LogP contribution in [0.4, 0.5) is 0 Å². The molecule has 0 saturated heterocycles. The van der Waals surface area contributed by atoms with Crippen LogP contribution in [0.25, 0.3) is 0 Å². The topological polar surface area (TPSA) is 154 Å². The first-order valence-electron chi connectivity index (χ1n) is 18.6. The van der Waals surface area contributed by atoms with Crippen molar-refractivity contribution in [3.8, 4) is 0 Å².